The van der Waals surface area contributed by atoms with Crippen LogP contribution in [0.2, 0.25) is 10.0 Å². The van der Waals surface area contributed by atoms with Crippen LogP contribution in [0.4, 0.5) is 11.4 Å². The number of halogens is 2. The molecule has 9 heteroatoms. The molecule has 3 rings (SSSR count). The first kappa shape index (κ1) is 22.8. The molecule has 0 saturated carbocycles. The van der Waals surface area contributed by atoms with Crippen molar-refractivity contribution in [3.63, 3.8) is 0 Å². The molecule has 0 atom stereocenters. The summed E-state index contributed by atoms with van der Waals surface area (Å²) in [4.78, 5) is 15.0. The number of hydrogen-bond acceptors (Lipinski definition) is 6. The number of ether oxygens (including phenoxy) is 3. The number of carbonyl (C=O) groups is 1. The molecule has 0 aromatic heterocycles. The van der Waals surface area contributed by atoms with Crippen LogP contribution < -0.4 is 19.7 Å². The van der Waals surface area contributed by atoms with Gasteiger partial charge in [-0.1, -0.05) is 23.2 Å². The molecule has 1 N–H and O–H groups in total. The molecular weight excluding hydrogens is 441 g/mol. The largest absolute Gasteiger partial charge is 0.493 e. The van der Waals surface area contributed by atoms with Crippen LogP contribution in [0.3, 0.4) is 0 Å². The van der Waals surface area contributed by atoms with E-state index in [2.05, 4.69) is 10.2 Å². The number of nitrogens with zero attached hydrogens (tertiary/aromatic N) is 2. The van der Waals surface area contributed by atoms with Crippen molar-refractivity contribution in [2.24, 2.45) is 0 Å². The minimum Gasteiger partial charge on any atom is -0.493 e. The monoisotopic (exact) mass is 461 g/mol. The van der Waals surface area contributed by atoms with Gasteiger partial charge >= 0.3 is 0 Å². The Balaban J connectivity index is 1.90. The summed E-state index contributed by atoms with van der Waals surface area (Å²) in [5.74, 6) is 0.201. The van der Waals surface area contributed by atoms with E-state index in [0.29, 0.717) is 59.1 Å². The molecule has 1 amide bonds. The Morgan fingerprint density at radius 1 is 1.19 bits per heavy atom. The van der Waals surface area contributed by atoms with E-state index in [1.165, 1.54) is 20.3 Å². The van der Waals surface area contributed by atoms with Crippen LogP contribution in [0.25, 0.3) is 6.08 Å². The van der Waals surface area contributed by atoms with Gasteiger partial charge in [0.2, 0.25) is 0 Å². The van der Waals surface area contributed by atoms with E-state index in [0.717, 1.165) is 5.69 Å². The van der Waals surface area contributed by atoms with E-state index in [1.807, 2.05) is 12.1 Å². The number of benzene rings is 2. The number of anilines is 2. The van der Waals surface area contributed by atoms with Gasteiger partial charge in [-0.05, 0) is 42.0 Å². The molecule has 0 unspecified atom stereocenters. The van der Waals surface area contributed by atoms with Gasteiger partial charge in [0.05, 0.1) is 43.8 Å². The summed E-state index contributed by atoms with van der Waals surface area (Å²) >= 11 is 12.4. The second-order valence-electron chi connectivity index (χ2n) is 6.62. The number of amides is 1. The van der Waals surface area contributed by atoms with Crippen LogP contribution >= 0.6 is 23.2 Å². The highest BCUT2D eigenvalue weighted by Gasteiger charge is 2.19. The second-order valence-corrected chi connectivity index (χ2v) is 7.47. The highest BCUT2D eigenvalue weighted by molar-refractivity contribution is 6.32. The number of morpholine rings is 1. The fourth-order valence-corrected chi connectivity index (χ4v) is 3.68. The first-order valence-corrected chi connectivity index (χ1v) is 10.2. The molecule has 0 spiro atoms. The summed E-state index contributed by atoms with van der Waals surface area (Å²) in [5, 5.41) is 13.2. The smallest absolute Gasteiger partial charge is 0.266 e. The maximum atomic E-state index is 12.9. The van der Waals surface area contributed by atoms with Crippen LogP contribution in [0.15, 0.2) is 35.9 Å². The molecule has 7 nitrogen and oxygen atoms in total. The molecule has 2 aromatic rings. The Labute approximate surface area is 190 Å². The average Bonchev–Trinajstić information content (AvgIpc) is 2.77. The van der Waals surface area contributed by atoms with Gasteiger partial charge in [-0.25, -0.2) is 0 Å². The summed E-state index contributed by atoms with van der Waals surface area (Å²) in [7, 11) is 2.95. The topological polar surface area (TPSA) is 83.8 Å². The number of methoxy groups -OCH3 is 2. The highest BCUT2D eigenvalue weighted by atomic mass is 35.5. The Morgan fingerprint density at radius 3 is 2.58 bits per heavy atom. The molecule has 1 saturated heterocycles. The van der Waals surface area contributed by atoms with Gasteiger partial charge in [0.15, 0.2) is 11.5 Å². The van der Waals surface area contributed by atoms with Gasteiger partial charge < -0.3 is 24.4 Å². The zero-order valence-corrected chi connectivity index (χ0v) is 18.6. The van der Waals surface area contributed by atoms with Crippen molar-refractivity contribution in [2.45, 2.75) is 0 Å². The molecule has 2 aromatic carbocycles. The summed E-state index contributed by atoms with van der Waals surface area (Å²) in [6.07, 6.45) is 1.43. The normalized spacial score (nSPS) is 14.0. The molecule has 31 heavy (non-hydrogen) atoms. The molecular formula is C22H21Cl2N3O4. The van der Waals surface area contributed by atoms with Crippen LogP contribution in [0.1, 0.15) is 5.56 Å². The van der Waals surface area contributed by atoms with E-state index in [4.69, 9.17) is 37.4 Å². The summed E-state index contributed by atoms with van der Waals surface area (Å²) < 4.78 is 15.9. The lowest BCUT2D eigenvalue weighted by Gasteiger charge is -2.30. The van der Waals surface area contributed by atoms with Crippen molar-refractivity contribution in [2.75, 3.05) is 50.7 Å². The third-order valence-electron chi connectivity index (χ3n) is 4.69. The highest BCUT2D eigenvalue weighted by Crippen LogP contribution is 2.37. The Bertz CT molecular complexity index is 1040. The molecule has 0 bridgehead atoms. The zero-order valence-electron chi connectivity index (χ0n) is 17.1. The van der Waals surface area contributed by atoms with Crippen molar-refractivity contribution in [1.29, 1.82) is 5.26 Å². The van der Waals surface area contributed by atoms with Crippen LogP contribution in [-0.4, -0.2) is 46.4 Å². The van der Waals surface area contributed by atoms with Crippen LogP contribution in [-0.2, 0) is 9.53 Å². The second kappa shape index (κ2) is 10.4. The van der Waals surface area contributed by atoms with Gasteiger partial charge in [-0.15, -0.1) is 0 Å². The SMILES string of the molecule is COc1cc(/C=C(\C#N)C(=O)Nc2cc(Cl)ccc2N2CCOCC2)cc(Cl)c1OC. The summed E-state index contributed by atoms with van der Waals surface area (Å²) in [6, 6.07) is 10.4. The van der Waals surface area contributed by atoms with E-state index in [1.54, 1.807) is 24.3 Å². The third-order valence-corrected chi connectivity index (χ3v) is 5.21. The minimum atomic E-state index is -0.565. The molecule has 162 valence electrons. The van der Waals surface area contributed by atoms with Crippen LogP contribution in [0, 0.1) is 11.3 Å². The lowest BCUT2D eigenvalue weighted by molar-refractivity contribution is -0.112. The predicted molar refractivity (Wildman–Crippen MR) is 121 cm³/mol. The maximum Gasteiger partial charge on any atom is 0.266 e. The molecule has 1 aliphatic rings. The molecule has 1 fully saturated rings. The minimum absolute atomic E-state index is 0.101. The molecule has 0 aliphatic carbocycles. The molecule has 1 heterocycles. The average molecular weight is 462 g/mol. The third kappa shape index (κ3) is 5.42. The van der Waals surface area contributed by atoms with Gasteiger partial charge in [0.1, 0.15) is 11.6 Å². The van der Waals surface area contributed by atoms with Gasteiger partial charge in [0, 0.05) is 18.1 Å². The number of nitrogens with one attached hydrogen (secondary N) is 1. The molecule has 1 aliphatic heterocycles. The number of nitriles is 1. The fraction of sp³-hybridized carbons (Fsp3) is 0.273. The quantitative estimate of drug-likeness (QED) is 0.507. The Hall–Kier alpha value is -2.92. The number of hydrogen-bond donors (Lipinski definition) is 1. The summed E-state index contributed by atoms with van der Waals surface area (Å²) in [6.45, 7) is 2.57. The lowest BCUT2D eigenvalue weighted by atomic mass is 10.1. The first-order valence-electron chi connectivity index (χ1n) is 9.43. The van der Waals surface area contributed by atoms with Crippen molar-refractivity contribution >= 4 is 46.6 Å². The molecule has 0 radical (unpaired) electrons. The van der Waals surface area contributed by atoms with Gasteiger partial charge in [-0.3, -0.25) is 4.79 Å². The van der Waals surface area contributed by atoms with Gasteiger partial charge in [0.25, 0.3) is 5.91 Å². The standard InChI is InChI=1S/C22H21Cl2N3O4/c1-29-20-11-14(10-17(24)21(20)30-2)9-15(13-25)22(28)26-18-12-16(23)3-4-19(18)27-5-7-31-8-6-27/h3-4,9-12H,5-8H2,1-2H3,(H,26,28)/b15-9+. The van der Waals surface area contributed by atoms with E-state index >= 15 is 0 Å². The van der Waals surface area contributed by atoms with Crippen molar-refractivity contribution in [3.8, 4) is 17.6 Å². The van der Waals surface area contributed by atoms with Crippen molar-refractivity contribution < 1.29 is 19.0 Å². The van der Waals surface area contributed by atoms with Crippen molar-refractivity contribution in [1.82, 2.24) is 0 Å². The maximum absolute atomic E-state index is 12.9. The van der Waals surface area contributed by atoms with E-state index in [9.17, 15) is 10.1 Å². The Morgan fingerprint density at radius 2 is 1.94 bits per heavy atom. The number of carbonyl (C=O) groups excluding carboxylic acids is 1. The first-order chi connectivity index (χ1) is 15.0. The van der Waals surface area contributed by atoms with Crippen LogP contribution in [0.5, 0.6) is 11.5 Å². The van der Waals surface area contributed by atoms with E-state index < -0.39 is 5.91 Å². The number of rotatable bonds is 6. The zero-order chi connectivity index (χ0) is 22.4. The Kier molecular flexibility index (Phi) is 7.64. The van der Waals surface area contributed by atoms with E-state index in [-0.39, 0.29) is 5.57 Å². The predicted octanol–water partition coefficient (Wildman–Crippen LogP) is 4.39. The summed E-state index contributed by atoms with van der Waals surface area (Å²) in [5.41, 5.74) is 1.75. The van der Waals surface area contributed by atoms with Crippen molar-refractivity contribution in [3.05, 3.63) is 51.5 Å². The fourth-order valence-electron chi connectivity index (χ4n) is 3.21. The lowest BCUT2D eigenvalue weighted by Crippen LogP contribution is -2.36. The van der Waals surface area contributed by atoms with Gasteiger partial charge in [-0.2, -0.15) is 5.26 Å².